The fourth-order valence-corrected chi connectivity index (χ4v) is 4.03. The molecule has 2 aromatic heterocycles. The Bertz CT molecular complexity index is 1090. The predicted molar refractivity (Wildman–Crippen MR) is 128 cm³/mol. The summed E-state index contributed by atoms with van der Waals surface area (Å²) in [7, 11) is 0. The Hall–Kier alpha value is -2.87. The summed E-state index contributed by atoms with van der Waals surface area (Å²) in [5.74, 6) is 1.89. The molecule has 0 saturated carbocycles. The summed E-state index contributed by atoms with van der Waals surface area (Å²) >= 11 is 6.46. The lowest BCUT2D eigenvalue weighted by Gasteiger charge is -2.35. The van der Waals surface area contributed by atoms with Crippen molar-refractivity contribution in [3.05, 3.63) is 41.3 Å². The van der Waals surface area contributed by atoms with E-state index in [2.05, 4.69) is 36.1 Å². The molecule has 4 rings (SSSR count). The highest BCUT2D eigenvalue weighted by molar-refractivity contribution is 6.32. The van der Waals surface area contributed by atoms with E-state index in [0.717, 1.165) is 41.2 Å². The van der Waals surface area contributed by atoms with Crippen LogP contribution < -0.4 is 10.2 Å². The third-order valence-electron chi connectivity index (χ3n) is 5.95. The van der Waals surface area contributed by atoms with Crippen LogP contribution in [0.3, 0.4) is 0 Å². The molecule has 1 N–H and O–H groups in total. The van der Waals surface area contributed by atoms with Crippen molar-refractivity contribution >= 4 is 34.5 Å². The molecule has 1 aliphatic heterocycles. The van der Waals surface area contributed by atoms with Crippen molar-refractivity contribution in [1.29, 1.82) is 0 Å². The normalized spacial score (nSPS) is 15.2. The molecule has 0 spiro atoms. The Kier molecular flexibility index (Phi) is 6.79. The maximum Gasteiger partial charge on any atom is 0.317 e. The quantitative estimate of drug-likeness (QED) is 0.601. The van der Waals surface area contributed by atoms with Crippen LogP contribution in [0.15, 0.2) is 30.5 Å². The minimum Gasteiger partial charge on any atom is -0.352 e. The molecule has 1 fully saturated rings. The molecule has 1 atom stereocenters. The molecule has 0 radical (unpaired) electrons. The van der Waals surface area contributed by atoms with Crippen LogP contribution in [0.25, 0.3) is 16.7 Å². The molecule has 0 bridgehead atoms. The number of carbonyl (C=O) groups is 1. The van der Waals surface area contributed by atoms with Crippen LogP contribution in [0.1, 0.15) is 45.4 Å². The van der Waals surface area contributed by atoms with Gasteiger partial charge in [-0.25, -0.2) is 19.4 Å². The number of amides is 2. The number of carbonyl (C=O) groups excluding carboxylic acids is 1. The molecule has 3 heterocycles. The highest BCUT2D eigenvalue weighted by atomic mass is 35.5. The summed E-state index contributed by atoms with van der Waals surface area (Å²) in [5.41, 5.74) is 1.54. The first kappa shape index (κ1) is 22.3. The van der Waals surface area contributed by atoms with Crippen LogP contribution in [-0.2, 0) is 0 Å². The lowest BCUT2D eigenvalue weighted by Crippen LogP contribution is -2.52. The topological polar surface area (TPSA) is 79.2 Å². The van der Waals surface area contributed by atoms with E-state index in [-0.39, 0.29) is 11.9 Å². The number of urea groups is 1. The van der Waals surface area contributed by atoms with E-state index in [0.29, 0.717) is 37.7 Å². The Balaban J connectivity index is 1.69. The number of nitrogens with zero attached hydrogens (tertiary/aromatic N) is 6. The largest absolute Gasteiger partial charge is 0.352 e. The van der Waals surface area contributed by atoms with E-state index in [1.54, 1.807) is 4.68 Å². The fraction of sp³-hybridized carbons (Fsp3) is 0.478. The number of para-hydroxylation sites is 1. The maximum atomic E-state index is 12.3. The predicted octanol–water partition coefficient (Wildman–Crippen LogP) is 4.22. The zero-order chi connectivity index (χ0) is 22.7. The van der Waals surface area contributed by atoms with Crippen molar-refractivity contribution in [2.24, 2.45) is 0 Å². The number of hydrogen-bond donors (Lipinski definition) is 1. The van der Waals surface area contributed by atoms with Gasteiger partial charge in [0.2, 0.25) is 0 Å². The van der Waals surface area contributed by atoms with Gasteiger partial charge in [-0.05, 0) is 25.0 Å². The average Bonchev–Trinajstić information content (AvgIpc) is 3.25. The van der Waals surface area contributed by atoms with Gasteiger partial charge in [0.25, 0.3) is 0 Å². The van der Waals surface area contributed by atoms with Crippen molar-refractivity contribution in [3.63, 3.8) is 0 Å². The van der Waals surface area contributed by atoms with Gasteiger partial charge in [-0.3, -0.25) is 0 Å². The van der Waals surface area contributed by atoms with Gasteiger partial charge in [-0.2, -0.15) is 5.10 Å². The second kappa shape index (κ2) is 9.73. The third-order valence-corrected chi connectivity index (χ3v) is 6.27. The number of benzene rings is 1. The Morgan fingerprint density at radius 1 is 1.16 bits per heavy atom. The summed E-state index contributed by atoms with van der Waals surface area (Å²) in [6.45, 7) is 9.75. The SMILES string of the molecule is CCCNC(=O)N1CCN(c2nc(C(C)CC)nc3c2cnn3-c2ccccc2Cl)CC1. The summed E-state index contributed by atoms with van der Waals surface area (Å²) in [5, 5.41) is 9.08. The first-order valence-electron chi connectivity index (χ1n) is 11.3. The molecule has 2 amide bonds. The molecule has 170 valence electrons. The molecule has 1 saturated heterocycles. The maximum absolute atomic E-state index is 12.3. The summed E-state index contributed by atoms with van der Waals surface area (Å²) < 4.78 is 1.79. The van der Waals surface area contributed by atoms with E-state index in [9.17, 15) is 4.79 Å². The van der Waals surface area contributed by atoms with Crippen LogP contribution in [0, 0.1) is 0 Å². The van der Waals surface area contributed by atoms with Gasteiger partial charge in [0.1, 0.15) is 11.6 Å². The van der Waals surface area contributed by atoms with Crippen LogP contribution in [-0.4, -0.2) is 63.4 Å². The standard InChI is InChI=1S/C23H30ClN7O/c1-4-10-25-23(32)30-13-11-29(12-14-30)21-17-15-26-31(19-9-7-6-8-18(19)24)22(17)28-20(27-21)16(3)5-2/h6-9,15-16H,4-5,10-14H2,1-3H3,(H,25,32). The van der Waals surface area contributed by atoms with E-state index in [1.807, 2.05) is 35.4 Å². The van der Waals surface area contributed by atoms with Crippen LogP contribution in [0.2, 0.25) is 5.02 Å². The van der Waals surface area contributed by atoms with Crippen LogP contribution in [0.4, 0.5) is 10.6 Å². The number of piperazine rings is 1. The van der Waals surface area contributed by atoms with Crippen LogP contribution in [0.5, 0.6) is 0 Å². The fourth-order valence-electron chi connectivity index (χ4n) is 3.82. The number of aromatic nitrogens is 4. The van der Waals surface area contributed by atoms with Crippen molar-refractivity contribution in [2.75, 3.05) is 37.6 Å². The number of fused-ring (bicyclic) bond motifs is 1. The second-order valence-electron chi connectivity index (χ2n) is 8.17. The van der Waals surface area contributed by atoms with Gasteiger partial charge in [-0.15, -0.1) is 0 Å². The van der Waals surface area contributed by atoms with E-state index in [1.165, 1.54) is 0 Å². The smallest absolute Gasteiger partial charge is 0.317 e. The molecule has 1 aliphatic rings. The molecule has 1 aromatic carbocycles. The summed E-state index contributed by atoms with van der Waals surface area (Å²) in [4.78, 5) is 26.3. The van der Waals surface area contributed by atoms with Gasteiger partial charge >= 0.3 is 6.03 Å². The van der Waals surface area contributed by atoms with E-state index < -0.39 is 0 Å². The third kappa shape index (κ3) is 4.37. The number of anilines is 1. The van der Waals surface area contributed by atoms with Gasteiger partial charge in [-0.1, -0.05) is 44.5 Å². The van der Waals surface area contributed by atoms with Crippen molar-refractivity contribution in [3.8, 4) is 5.69 Å². The summed E-state index contributed by atoms with van der Waals surface area (Å²) in [6, 6.07) is 7.64. The Morgan fingerprint density at radius 2 is 1.91 bits per heavy atom. The monoisotopic (exact) mass is 455 g/mol. The van der Waals surface area contributed by atoms with Gasteiger partial charge < -0.3 is 15.1 Å². The van der Waals surface area contributed by atoms with E-state index in [4.69, 9.17) is 21.6 Å². The molecule has 3 aromatic rings. The lowest BCUT2D eigenvalue weighted by molar-refractivity contribution is 0.194. The van der Waals surface area contributed by atoms with Gasteiger partial charge in [0.15, 0.2) is 5.65 Å². The van der Waals surface area contributed by atoms with E-state index >= 15 is 0 Å². The van der Waals surface area contributed by atoms with Crippen molar-refractivity contribution in [2.45, 2.75) is 39.5 Å². The van der Waals surface area contributed by atoms with Gasteiger partial charge in [0.05, 0.1) is 22.3 Å². The zero-order valence-electron chi connectivity index (χ0n) is 18.9. The molecular weight excluding hydrogens is 426 g/mol. The van der Waals surface area contributed by atoms with Crippen molar-refractivity contribution in [1.82, 2.24) is 30.0 Å². The molecule has 1 unspecified atom stereocenters. The first-order valence-corrected chi connectivity index (χ1v) is 11.7. The molecular formula is C23H30ClN7O. The summed E-state index contributed by atoms with van der Waals surface area (Å²) in [6.07, 6.45) is 3.68. The van der Waals surface area contributed by atoms with Crippen LogP contribution >= 0.6 is 11.6 Å². The molecule has 0 aliphatic carbocycles. The van der Waals surface area contributed by atoms with Crippen molar-refractivity contribution < 1.29 is 4.79 Å². The molecule has 8 nitrogen and oxygen atoms in total. The van der Waals surface area contributed by atoms with Gasteiger partial charge in [0, 0.05) is 38.6 Å². The Labute approximate surface area is 193 Å². The number of hydrogen-bond acceptors (Lipinski definition) is 5. The number of nitrogens with one attached hydrogen (secondary N) is 1. The Morgan fingerprint density at radius 3 is 2.59 bits per heavy atom. The highest BCUT2D eigenvalue weighted by Gasteiger charge is 2.26. The average molecular weight is 456 g/mol. The lowest BCUT2D eigenvalue weighted by atomic mass is 10.1. The second-order valence-corrected chi connectivity index (χ2v) is 8.57. The first-order chi connectivity index (χ1) is 15.5. The minimum atomic E-state index is 0.00571. The zero-order valence-corrected chi connectivity index (χ0v) is 19.6. The molecule has 9 heteroatoms. The number of rotatable bonds is 6. The highest BCUT2D eigenvalue weighted by Crippen LogP contribution is 2.30. The minimum absolute atomic E-state index is 0.00571. The molecule has 32 heavy (non-hydrogen) atoms. The number of halogens is 1.